The molecule has 1 aromatic carbocycles. The molecular weight excluding hydrogens is 370 g/mol. The molecule has 0 aliphatic carbocycles. The number of aryl methyl sites for hydroxylation is 1. The van der Waals surface area contributed by atoms with Crippen molar-refractivity contribution in [1.29, 1.82) is 0 Å². The maximum Gasteiger partial charge on any atom is 0.291 e. The predicted octanol–water partition coefficient (Wildman–Crippen LogP) is 2.63. The summed E-state index contributed by atoms with van der Waals surface area (Å²) in [7, 11) is 0. The Kier molecular flexibility index (Phi) is 5.35. The lowest BCUT2D eigenvalue weighted by atomic mass is 10.1. The first-order valence-corrected chi connectivity index (χ1v) is 9.33. The van der Waals surface area contributed by atoms with E-state index < -0.39 is 0 Å². The summed E-state index contributed by atoms with van der Waals surface area (Å²) < 4.78 is 5.27. The average molecular weight is 391 g/mol. The molecule has 29 heavy (non-hydrogen) atoms. The second-order valence-corrected chi connectivity index (χ2v) is 6.68. The predicted molar refractivity (Wildman–Crippen MR) is 106 cm³/mol. The van der Waals surface area contributed by atoms with Gasteiger partial charge in [-0.25, -0.2) is 9.97 Å². The minimum atomic E-state index is -0.307. The van der Waals surface area contributed by atoms with E-state index in [2.05, 4.69) is 32.1 Å². The third-order valence-electron chi connectivity index (χ3n) is 4.74. The Hall–Kier alpha value is -3.52. The summed E-state index contributed by atoms with van der Waals surface area (Å²) in [5.41, 5.74) is 3.53. The van der Waals surface area contributed by atoms with Crippen molar-refractivity contribution >= 4 is 16.8 Å². The number of nitrogens with zero attached hydrogens (tertiary/aromatic N) is 4. The van der Waals surface area contributed by atoms with Crippen LogP contribution in [0.3, 0.4) is 0 Å². The van der Waals surface area contributed by atoms with E-state index in [0.717, 1.165) is 23.3 Å². The maximum absolute atomic E-state index is 12.4. The van der Waals surface area contributed by atoms with Crippen molar-refractivity contribution in [1.82, 2.24) is 24.8 Å². The molecule has 4 aromatic rings. The Morgan fingerprint density at radius 3 is 2.86 bits per heavy atom. The number of benzene rings is 1. The van der Waals surface area contributed by atoms with Crippen LogP contribution in [0, 0.1) is 6.92 Å². The number of hydrogen-bond acceptors (Lipinski definition) is 6. The highest BCUT2D eigenvalue weighted by Crippen LogP contribution is 2.19. The fraction of sp³-hybridized carbons (Fsp3) is 0.238. The summed E-state index contributed by atoms with van der Waals surface area (Å²) in [6.45, 7) is 2.48. The van der Waals surface area contributed by atoms with Gasteiger partial charge in [-0.2, -0.15) is 0 Å². The fourth-order valence-corrected chi connectivity index (χ4v) is 3.26. The second kappa shape index (κ2) is 8.24. The van der Waals surface area contributed by atoms with Crippen molar-refractivity contribution in [3.63, 3.8) is 0 Å². The summed E-state index contributed by atoms with van der Waals surface area (Å²) in [4.78, 5) is 29.5. The molecule has 1 aliphatic rings. The number of para-hydroxylation sites is 1. The molecule has 5 rings (SSSR count). The molecule has 0 fully saturated rings. The van der Waals surface area contributed by atoms with Crippen molar-refractivity contribution in [2.75, 3.05) is 6.54 Å². The van der Waals surface area contributed by atoms with Gasteiger partial charge in [0.1, 0.15) is 6.61 Å². The van der Waals surface area contributed by atoms with Crippen molar-refractivity contribution in [3.8, 4) is 0 Å². The molecule has 0 atom stereocenters. The van der Waals surface area contributed by atoms with Crippen LogP contribution in [0.15, 0.2) is 53.3 Å². The molecule has 4 heterocycles. The Bertz CT molecular complexity index is 1070. The van der Waals surface area contributed by atoms with Crippen LogP contribution in [0.25, 0.3) is 10.9 Å². The molecule has 0 spiro atoms. The lowest BCUT2D eigenvalue weighted by molar-refractivity contribution is 0.0693. The van der Waals surface area contributed by atoms with Gasteiger partial charge >= 0.3 is 0 Å². The Labute approximate surface area is 167 Å². The van der Waals surface area contributed by atoms with Gasteiger partial charge in [-0.05, 0) is 19.1 Å². The number of carbonyl (C=O) groups is 1. The van der Waals surface area contributed by atoms with Gasteiger partial charge in [0, 0.05) is 24.5 Å². The van der Waals surface area contributed by atoms with Crippen molar-refractivity contribution in [2.45, 2.75) is 26.5 Å². The van der Waals surface area contributed by atoms with Crippen LogP contribution in [0.4, 0.5) is 0 Å². The van der Waals surface area contributed by atoms with Crippen LogP contribution in [0.5, 0.6) is 0 Å². The third kappa shape index (κ3) is 4.02. The number of aliphatic hydroxyl groups excluding tert-OH is 1. The molecule has 1 aliphatic heterocycles. The smallest absolute Gasteiger partial charge is 0.291 e. The molecule has 0 bridgehead atoms. The highest BCUT2D eigenvalue weighted by Gasteiger charge is 2.27. The monoisotopic (exact) mass is 391 g/mol. The van der Waals surface area contributed by atoms with E-state index in [0.29, 0.717) is 18.8 Å². The molecule has 8 nitrogen and oxygen atoms in total. The zero-order valence-corrected chi connectivity index (χ0v) is 16.0. The number of carbonyl (C=O) groups excluding carboxylic acids is 1. The van der Waals surface area contributed by atoms with Crippen LogP contribution in [0.1, 0.15) is 33.5 Å². The van der Waals surface area contributed by atoms with E-state index in [4.69, 9.17) is 9.52 Å². The third-order valence-corrected chi connectivity index (χ3v) is 4.74. The van der Waals surface area contributed by atoms with Gasteiger partial charge < -0.3 is 19.4 Å². The fourth-order valence-electron chi connectivity index (χ4n) is 3.26. The topological polar surface area (TPSA) is 108 Å². The van der Waals surface area contributed by atoms with Gasteiger partial charge in [-0.3, -0.25) is 9.78 Å². The highest BCUT2D eigenvalue weighted by atomic mass is 16.4. The number of H-pyrrole nitrogens is 1. The van der Waals surface area contributed by atoms with E-state index >= 15 is 0 Å². The number of fused-ring (bicyclic) bond motifs is 2. The van der Waals surface area contributed by atoms with Gasteiger partial charge in [-0.15, -0.1) is 0 Å². The summed E-state index contributed by atoms with van der Waals surface area (Å²) in [6.07, 6.45) is 4.18. The number of pyridine rings is 1. The highest BCUT2D eigenvalue weighted by molar-refractivity contribution is 5.92. The van der Waals surface area contributed by atoms with Crippen LogP contribution in [-0.2, 0) is 19.6 Å². The number of nitrogens with one attached hydrogen (secondary N) is 1. The standard InChI is InChI=1S/C12H14N4O3.C9H7N/c1-7-11(19-10(5-17)15-7)12(18)16-3-2-8-9(4-16)14-6-13-8;1-2-6-9-8(4-1)5-3-7-10-9/h6,17H,2-5H2,1H3,(H,13,14);1-7H. The van der Waals surface area contributed by atoms with E-state index in [1.807, 2.05) is 30.5 Å². The zero-order valence-electron chi connectivity index (χ0n) is 16.0. The maximum atomic E-state index is 12.4. The van der Waals surface area contributed by atoms with Crippen LogP contribution in [0.2, 0.25) is 0 Å². The quantitative estimate of drug-likeness (QED) is 0.544. The molecular formula is C21H21N5O3. The number of imidazole rings is 1. The van der Waals surface area contributed by atoms with Gasteiger partial charge in [0.25, 0.3) is 5.91 Å². The van der Waals surface area contributed by atoms with Crippen LogP contribution in [-0.4, -0.2) is 42.4 Å². The lowest BCUT2D eigenvalue weighted by Gasteiger charge is -2.25. The molecule has 1 amide bonds. The van der Waals surface area contributed by atoms with Crippen LogP contribution >= 0.6 is 0 Å². The number of oxazole rings is 1. The minimum Gasteiger partial charge on any atom is -0.433 e. The van der Waals surface area contributed by atoms with Gasteiger partial charge in [0.05, 0.1) is 35.5 Å². The molecule has 0 saturated heterocycles. The van der Waals surface area contributed by atoms with Crippen molar-refractivity contribution in [3.05, 3.63) is 77.7 Å². The molecule has 0 saturated carbocycles. The molecule has 2 N–H and O–H groups in total. The number of aromatic amines is 1. The summed E-state index contributed by atoms with van der Waals surface area (Å²) in [5, 5.41) is 10.2. The first-order chi connectivity index (χ1) is 14.2. The normalized spacial score (nSPS) is 13.0. The summed E-state index contributed by atoms with van der Waals surface area (Å²) in [6, 6.07) is 12.1. The molecule has 0 unspecified atom stereocenters. The van der Waals surface area contributed by atoms with E-state index in [9.17, 15) is 4.79 Å². The van der Waals surface area contributed by atoms with E-state index in [1.54, 1.807) is 18.2 Å². The largest absolute Gasteiger partial charge is 0.433 e. The first-order valence-electron chi connectivity index (χ1n) is 9.33. The molecule has 148 valence electrons. The molecule has 8 heteroatoms. The van der Waals surface area contributed by atoms with Gasteiger partial charge in [0.15, 0.2) is 0 Å². The molecule has 0 radical (unpaired) electrons. The lowest BCUT2D eigenvalue weighted by Crippen LogP contribution is -2.36. The SMILES string of the molecule is Cc1nc(CO)oc1C(=O)N1CCc2nc[nH]c2C1.c1ccc2ncccc2c1. The number of amides is 1. The number of hydrogen-bond donors (Lipinski definition) is 2. The second-order valence-electron chi connectivity index (χ2n) is 6.68. The molecule has 3 aromatic heterocycles. The van der Waals surface area contributed by atoms with Crippen molar-refractivity contribution in [2.24, 2.45) is 0 Å². The summed E-state index contributed by atoms with van der Waals surface area (Å²) >= 11 is 0. The first kappa shape index (κ1) is 18.8. The number of aromatic nitrogens is 4. The van der Waals surface area contributed by atoms with Crippen LogP contribution < -0.4 is 0 Å². The Balaban J connectivity index is 0.000000171. The number of rotatable bonds is 2. The average Bonchev–Trinajstić information content (AvgIpc) is 3.39. The van der Waals surface area contributed by atoms with Gasteiger partial charge in [0.2, 0.25) is 11.7 Å². The van der Waals surface area contributed by atoms with E-state index in [1.165, 1.54) is 5.39 Å². The van der Waals surface area contributed by atoms with Gasteiger partial charge in [-0.1, -0.05) is 24.3 Å². The summed E-state index contributed by atoms with van der Waals surface area (Å²) in [5.74, 6) is 0.164. The minimum absolute atomic E-state index is 0.167. The zero-order chi connectivity index (χ0) is 20.2. The Morgan fingerprint density at radius 1 is 1.24 bits per heavy atom. The Morgan fingerprint density at radius 2 is 2.07 bits per heavy atom. The van der Waals surface area contributed by atoms with E-state index in [-0.39, 0.29) is 24.2 Å². The van der Waals surface area contributed by atoms with Crippen molar-refractivity contribution < 1.29 is 14.3 Å². The number of aliphatic hydroxyl groups is 1.